The number of fused-ring (bicyclic) bond motifs is 2. The van der Waals surface area contributed by atoms with Gasteiger partial charge in [0.15, 0.2) is 0 Å². The van der Waals surface area contributed by atoms with Gasteiger partial charge in [-0.25, -0.2) is 32.0 Å². The standard InChI is InChI=1S/C50H55ClFN9O5S/c1-49(2)15-13-34(41(28-49)32-3-5-35(51)6-4-32)30-58-21-23-60(24-22-58)37-9-11-39(44(26-37)61-45-25-33-14-18-53-46(33)56-43(45)29-55-61)47(62)57-67(65,66)38-10-12-42(40(27-38)48(63)64)54-31-50(52)16-19-59(20-17-50)36-7-8-36/h3-6,9-12,14,18,25-27,29,36,54H,7-8,13,15-17,19-24,28,30-31H2,1-2H3,(H,53,56)(H,57,62)(H,63,64). The van der Waals surface area contributed by atoms with E-state index < -0.39 is 32.5 Å². The van der Waals surface area contributed by atoms with E-state index in [0.717, 1.165) is 87.0 Å². The molecule has 6 aromatic rings. The average Bonchev–Trinajstić information content (AvgIpc) is 3.92. The van der Waals surface area contributed by atoms with E-state index in [4.69, 9.17) is 16.6 Å². The van der Waals surface area contributed by atoms with Crippen molar-refractivity contribution in [1.29, 1.82) is 0 Å². The van der Waals surface area contributed by atoms with Crippen molar-refractivity contribution in [2.75, 3.05) is 62.6 Å². The lowest BCUT2D eigenvalue weighted by Gasteiger charge is -2.39. The van der Waals surface area contributed by atoms with Crippen LogP contribution in [0.5, 0.6) is 0 Å². The Kier molecular flexibility index (Phi) is 11.9. The summed E-state index contributed by atoms with van der Waals surface area (Å²) in [7, 11) is -4.61. The van der Waals surface area contributed by atoms with Gasteiger partial charge < -0.3 is 25.2 Å². The van der Waals surface area contributed by atoms with Crippen molar-refractivity contribution in [2.24, 2.45) is 5.41 Å². The van der Waals surface area contributed by atoms with Gasteiger partial charge in [-0.3, -0.25) is 9.69 Å². The Morgan fingerprint density at radius 1 is 0.925 bits per heavy atom. The number of hydrogen-bond donors (Lipinski definition) is 4. The van der Waals surface area contributed by atoms with E-state index in [1.165, 1.54) is 28.8 Å². The molecule has 0 bridgehead atoms. The number of piperidine rings is 1. The maximum atomic E-state index is 15.8. The number of nitrogens with zero attached hydrogens (tertiary/aromatic N) is 6. The fourth-order valence-electron chi connectivity index (χ4n) is 10.0. The van der Waals surface area contributed by atoms with Crippen LogP contribution in [0.4, 0.5) is 15.8 Å². The van der Waals surface area contributed by atoms with Crippen LogP contribution in [0.3, 0.4) is 0 Å². The molecule has 2 aliphatic heterocycles. The van der Waals surface area contributed by atoms with Crippen LogP contribution in [0.15, 0.2) is 95.7 Å². The molecule has 4 aliphatic rings. The first-order chi connectivity index (χ1) is 32.1. The van der Waals surface area contributed by atoms with Gasteiger partial charge in [0, 0.05) is 86.4 Å². The molecule has 14 nitrogen and oxygen atoms in total. The first-order valence-corrected chi connectivity index (χ1v) is 25.0. The number of halogens is 2. The number of aromatic carboxylic acids is 1. The van der Waals surface area contributed by atoms with Crippen LogP contribution < -0.4 is 14.9 Å². The first-order valence-electron chi connectivity index (χ1n) is 23.1. The maximum absolute atomic E-state index is 15.8. The van der Waals surface area contributed by atoms with E-state index in [1.807, 2.05) is 36.4 Å². The molecule has 5 heterocycles. The zero-order valence-electron chi connectivity index (χ0n) is 37.7. The Bertz CT molecular complexity index is 3020. The van der Waals surface area contributed by atoms with Crippen molar-refractivity contribution in [3.8, 4) is 5.69 Å². The molecule has 10 rings (SSSR count). The molecule has 0 atom stereocenters. The lowest BCUT2D eigenvalue weighted by atomic mass is 9.72. The lowest BCUT2D eigenvalue weighted by Crippen LogP contribution is -2.47. The first kappa shape index (κ1) is 45.0. The summed E-state index contributed by atoms with van der Waals surface area (Å²) < 4.78 is 47.5. The number of anilines is 2. The van der Waals surface area contributed by atoms with Gasteiger partial charge in [-0.2, -0.15) is 5.10 Å². The Balaban J connectivity index is 0.891. The number of sulfonamides is 1. The fourth-order valence-corrected chi connectivity index (χ4v) is 11.1. The van der Waals surface area contributed by atoms with Crippen molar-refractivity contribution in [1.82, 2.24) is 34.3 Å². The molecule has 1 amide bonds. The largest absolute Gasteiger partial charge is 0.478 e. The number of likely N-dealkylation sites (tertiary alicyclic amines) is 1. The minimum Gasteiger partial charge on any atom is -0.478 e. The third-order valence-electron chi connectivity index (χ3n) is 14.2. The number of allylic oxidation sites excluding steroid dienone is 1. The highest BCUT2D eigenvalue weighted by Crippen LogP contribution is 2.43. The minimum absolute atomic E-state index is 0.0322. The van der Waals surface area contributed by atoms with Crippen molar-refractivity contribution < 1.29 is 27.5 Å². The highest BCUT2D eigenvalue weighted by Gasteiger charge is 2.39. The molecule has 0 spiro atoms. The van der Waals surface area contributed by atoms with Gasteiger partial charge in [-0.1, -0.05) is 43.2 Å². The second kappa shape index (κ2) is 17.7. The zero-order valence-corrected chi connectivity index (χ0v) is 39.3. The van der Waals surface area contributed by atoms with E-state index in [2.05, 4.69) is 60.8 Å². The van der Waals surface area contributed by atoms with Gasteiger partial charge in [-0.05, 0) is 122 Å². The number of pyridine rings is 1. The second-order valence-electron chi connectivity index (χ2n) is 19.5. The number of nitrogens with one attached hydrogen (secondary N) is 3. The summed E-state index contributed by atoms with van der Waals surface area (Å²) in [4.78, 5) is 41.2. The molecule has 3 fully saturated rings. The molecule has 3 aromatic carbocycles. The number of aromatic amines is 1. The Morgan fingerprint density at radius 3 is 2.42 bits per heavy atom. The number of hydrogen-bond acceptors (Lipinski definition) is 10. The van der Waals surface area contributed by atoms with Crippen LogP contribution in [-0.4, -0.2) is 119 Å². The van der Waals surface area contributed by atoms with Gasteiger partial charge >= 0.3 is 5.97 Å². The summed E-state index contributed by atoms with van der Waals surface area (Å²) in [6.45, 7) is 9.80. The predicted octanol–water partition coefficient (Wildman–Crippen LogP) is 8.54. The molecule has 67 heavy (non-hydrogen) atoms. The molecule has 2 aliphatic carbocycles. The average molecular weight is 949 g/mol. The van der Waals surface area contributed by atoms with Gasteiger partial charge in [0.1, 0.15) is 16.8 Å². The maximum Gasteiger partial charge on any atom is 0.337 e. The van der Waals surface area contributed by atoms with Crippen molar-refractivity contribution >= 4 is 72.5 Å². The normalized spacial score (nSPS) is 19.3. The molecular weight excluding hydrogens is 893 g/mol. The number of rotatable bonds is 13. The Morgan fingerprint density at radius 2 is 1.69 bits per heavy atom. The van der Waals surface area contributed by atoms with Gasteiger partial charge in [-0.15, -0.1) is 0 Å². The molecule has 350 valence electrons. The molecule has 0 radical (unpaired) electrons. The molecule has 4 N–H and O–H groups in total. The molecule has 3 aromatic heterocycles. The number of carboxylic acids is 1. The number of carbonyl (C=O) groups is 2. The molecule has 2 saturated heterocycles. The number of piperazine rings is 1. The van der Waals surface area contributed by atoms with Gasteiger partial charge in [0.25, 0.3) is 15.9 Å². The molecule has 17 heteroatoms. The van der Waals surface area contributed by atoms with Gasteiger partial charge in [0.05, 0.1) is 33.4 Å². The second-order valence-corrected chi connectivity index (χ2v) is 21.6. The number of carboxylic acid groups (broad SMARTS) is 1. The number of carbonyl (C=O) groups excluding carboxylic acids is 1. The minimum atomic E-state index is -4.61. The van der Waals surface area contributed by atoms with Crippen LogP contribution in [0, 0.1) is 5.41 Å². The summed E-state index contributed by atoms with van der Waals surface area (Å²) in [5.41, 5.74) is 5.61. The Hall–Kier alpha value is -5.81. The number of amides is 1. The summed E-state index contributed by atoms with van der Waals surface area (Å²) in [6, 6.07) is 21.3. The van der Waals surface area contributed by atoms with Crippen molar-refractivity contribution in [2.45, 2.75) is 75.4 Å². The lowest BCUT2D eigenvalue weighted by molar-refractivity contribution is 0.0647. The van der Waals surface area contributed by atoms with E-state index in [-0.39, 0.29) is 28.8 Å². The third kappa shape index (κ3) is 9.54. The fraction of sp³-hybridized carbons (Fsp3) is 0.400. The van der Waals surface area contributed by atoms with Crippen molar-refractivity contribution in [3.63, 3.8) is 0 Å². The van der Waals surface area contributed by atoms with Crippen LogP contribution in [0.1, 0.15) is 85.1 Å². The quantitative estimate of drug-likeness (QED) is 0.0876. The molecule has 0 unspecified atom stereocenters. The van der Waals surface area contributed by atoms with E-state index in [9.17, 15) is 23.1 Å². The van der Waals surface area contributed by atoms with Crippen LogP contribution in [0.2, 0.25) is 5.02 Å². The van der Waals surface area contributed by atoms with Crippen LogP contribution >= 0.6 is 11.6 Å². The third-order valence-corrected chi connectivity index (χ3v) is 15.7. The Labute approximate surface area is 394 Å². The summed E-state index contributed by atoms with van der Waals surface area (Å²) in [5.74, 6) is -2.32. The topological polar surface area (TPSA) is 169 Å². The van der Waals surface area contributed by atoms with Crippen LogP contribution in [0.25, 0.3) is 33.3 Å². The van der Waals surface area contributed by atoms with Crippen molar-refractivity contribution in [3.05, 3.63) is 112 Å². The summed E-state index contributed by atoms with van der Waals surface area (Å²) in [5, 5.41) is 19.3. The van der Waals surface area contributed by atoms with E-state index in [0.29, 0.717) is 54.3 Å². The predicted molar refractivity (Wildman–Crippen MR) is 260 cm³/mol. The summed E-state index contributed by atoms with van der Waals surface area (Å²) in [6.07, 6.45) is 9.50. The summed E-state index contributed by atoms with van der Waals surface area (Å²) >= 11 is 6.26. The van der Waals surface area contributed by atoms with Crippen LogP contribution in [-0.2, 0) is 10.0 Å². The SMILES string of the molecule is CC1(C)CCC(CN2CCN(c3ccc(C(=O)NS(=O)(=O)c4ccc(NCC5(F)CCN(C6CC6)CC5)c(C(=O)O)c4)c(-n4ncc5nc6[nH]ccc6cc54)c3)CC2)=C(c2ccc(Cl)cc2)C1. The monoisotopic (exact) mass is 947 g/mol. The smallest absolute Gasteiger partial charge is 0.337 e. The number of aromatic nitrogens is 4. The molecular formula is C50H55ClFN9O5S. The van der Waals surface area contributed by atoms with E-state index >= 15 is 4.39 Å². The zero-order chi connectivity index (χ0) is 46.7. The number of H-pyrrole nitrogens is 1. The van der Waals surface area contributed by atoms with Gasteiger partial charge in [0.2, 0.25) is 0 Å². The highest BCUT2D eigenvalue weighted by atomic mass is 35.5. The number of alkyl halides is 1. The highest BCUT2D eigenvalue weighted by molar-refractivity contribution is 7.90. The van der Waals surface area contributed by atoms with E-state index in [1.54, 1.807) is 23.1 Å². The molecule has 1 saturated carbocycles. The number of benzene rings is 3.